The molecule has 0 bridgehead atoms. The highest BCUT2D eigenvalue weighted by atomic mass is 16.2. The van der Waals surface area contributed by atoms with Crippen molar-refractivity contribution in [1.29, 1.82) is 0 Å². The Bertz CT molecular complexity index is 600. The lowest BCUT2D eigenvalue weighted by molar-refractivity contribution is -0.155. The van der Waals surface area contributed by atoms with Gasteiger partial charge < -0.3 is 20.9 Å². The Balaban J connectivity index is 1.99. The normalized spacial score (nSPS) is 15.3. The van der Waals surface area contributed by atoms with Crippen molar-refractivity contribution < 1.29 is 14.4 Å². The van der Waals surface area contributed by atoms with Crippen LogP contribution in [0.2, 0.25) is 0 Å². The standard InChI is InChI=1S/C14H18N4O3/c1-9-7-10(15)3-4-11(9)16-12(19)8-18-6-5-17(2)13(20)14(18)21/h3-4,7H,5-6,8,15H2,1-2H3,(H,16,19). The highest BCUT2D eigenvalue weighted by Crippen LogP contribution is 2.17. The third kappa shape index (κ3) is 3.31. The summed E-state index contributed by atoms with van der Waals surface area (Å²) in [4.78, 5) is 37.9. The molecule has 1 aliphatic heterocycles. The Kier molecular flexibility index (Phi) is 4.11. The number of aryl methyl sites for hydroxylation is 1. The van der Waals surface area contributed by atoms with Gasteiger partial charge in [0.1, 0.15) is 6.54 Å². The van der Waals surface area contributed by atoms with Gasteiger partial charge in [-0.1, -0.05) is 0 Å². The number of benzene rings is 1. The quantitative estimate of drug-likeness (QED) is 0.596. The minimum atomic E-state index is -0.645. The van der Waals surface area contributed by atoms with Crippen LogP contribution in [-0.2, 0) is 14.4 Å². The fourth-order valence-electron chi connectivity index (χ4n) is 2.11. The average Bonchev–Trinajstić information content (AvgIpc) is 2.43. The number of nitrogens with one attached hydrogen (secondary N) is 1. The number of anilines is 2. The zero-order valence-electron chi connectivity index (χ0n) is 12.0. The van der Waals surface area contributed by atoms with Crippen LogP contribution < -0.4 is 11.1 Å². The lowest BCUT2D eigenvalue weighted by Gasteiger charge is -2.30. The molecule has 0 unspecified atom stereocenters. The fourth-order valence-corrected chi connectivity index (χ4v) is 2.11. The van der Waals surface area contributed by atoms with E-state index in [1.165, 1.54) is 9.80 Å². The van der Waals surface area contributed by atoms with Gasteiger partial charge in [-0.15, -0.1) is 0 Å². The fraction of sp³-hybridized carbons (Fsp3) is 0.357. The van der Waals surface area contributed by atoms with Crippen molar-refractivity contribution in [3.05, 3.63) is 23.8 Å². The number of nitrogens with zero attached hydrogens (tertiary/aromatic N) is 2. The maximum Gasteiger partial charge on any atom is 0.312 e. The summed E-state index contributed by atoms with van der Waals surface area (Å²) >= 11 is 0. The molecule has 1 heterocycles. The van der Waals surface area contributed by atoms with Crippen molar-refractivity contribution in [3.8, 4) is 0 Å². The van der Waals surface area contributed by atoms with E-state index in [4.69, 9.17) is 5.73 Å². The van der Waals surface area contributed by atoms with E-state index < -0.39 is 11.8 Å². The molecule has 0 aromatic heterocycles. The number of nitrogens with two attached hydrogens (primary N) is 1. The molecule has 0 aliphatic carbocycles. The summed E-state index contributed by atoms with van der Waals surface area (Å²) in [5, 5.41) is 2.72. The van der Waals surface area contributed by atoms with Crippen LogP contribution >= 0.6 is 0 Å². The molecule has 0 saturated carbocycles. The van der Waals surface area contributed by atoms with E-state index in [2.05, 4.69) is 5.32 Å². The number of piperazine rings is 1. The average molecular weight is 290 g/mol. The SMILES string of the molecule is Cc1cc(N)ccc1NC(=O)CN1CCN(C)C(=O)C1=O. The number of likely N-dealkylation sites (N-methyl/N-ethyl adjacent to an activating group) is 1. The van der Waals surface area contributed by atoms with Crippen LogP contribution in [0.1, 0.15) is 5.56 Å². The predicted molar refractivity (Wildman–Crippen MR) is 78.4 cm³/mol. The third-order valence-electron chi connectivity index (χ3n) is 3.38. The Morgan fingerprint density at radius 1 is 1.29 bits per heavy atom. The molecule has 7 nitrogen and oxygen atoms in total. The zero-order valence-corrected chi connectivity index (χ0v) is 12.0. The Morgan fingerprint density at radius 3 is 2.67 bits per heavy atom. The summed E-state index contributed by atoms with van der Waals surface area (Å²) in [5.74, 6) is -1.57. The first-order chi connectivity index (χ1) is 9.88. The van der Waals surface area contributed by atoms with Crippen LogP contribution in [-0.4, -0.2) is 54.2 Å². The second-order valence-electron chi connectivity index (χ2n) is 5.08. The number of amides is 3. The highest BCUT2D eigenvalue weighted by Gasteiger charge is 2.31. The Hall–Kier alpha value is -2.57. The molecule has 7 heteroatoms. The van der Waals surface area contributed by atoms with Crippen LogP contribution in [0, 0.1) is 6.92 Å². The number of carbonyl (C=O) groups is 3. The molecule has 1 aromatic carbocycles. The van der Waals surface area contributed by atoms with Crippen molar-refractivity contribution in [1.82, 2.24) is 9.80 Å². The molecular weight excluding hydrogens is 272 g/mol. The summed E-state index contributed by atoms with van der Waals surface area (Å²) in [6.45, 7) is 2.48. The van der Waals surface area contributed by atoms with Crippen LogP contribution in [0.5, 0.6) is 0 Å². The lowest BCUT2D eigenvalue weighted by Crippen LogP contribution is -2.54. The van der Waals surface area contributed by atoms with Gasteiger partial charge >= 0.3 is 11.8 Å². The monoisotopic (exact) mass is 290 g/mol. The first-order valence-electron chi connectivity index (χ1n) is 6.59. The molecule has 0 atom stereocenters. The minimum absolute atomic E-state index is 0.137. The highest BCUT2D eigenvalue weighted by molar-refractivity contribution is 6.35. The molecule has 21 heavy (non-hydrogen) atoms. The van der Waals surface area contributed by atoms with E-state index in [1.54, 1.807) is 25.2 Å². The van der Waals surface area contributed by atoms with Gasteiger partial charge in [-0.3, -0.25) is 14.4 Å². The van der Waals surface area contributed by atoms with Crippen molar-refractivity contribution in [3.63, 3.8) is 0 Å². The van der Waals surface area contributed by atoms with Gasteiger partial charge in [0.25, 0.3) is 0 Å². The van der Waals surface area contributed by atoms with Gasteiger partial charge in [0.2, 0.25) is 5.91 Å². The smallest absolute Gasteiger partial charge is 0.312 e. The van der Waals surface area contributed by atoms with Gasteiger partial charge in [0, 0.05) is 31.5 Å². The summed E-state index contributed by atoms with van der Waals surface area (Å²) in [5.41, 5.74) is 7.74. The van der Waals surface area contributed by atoms with E-state index in [9.17, 15) is 14.4 Å². The topological polar surface area (TPSA) is 95.7 Å². The molecule has 0 radical (unpaired) electrons. The lowest BCUT2D eigenvalue weighted by atomic mass is 10.2. The van der Waals surface area contributed by atoms with Gasteiger partial charge in [-0.2, -0.15) is 0 Å². The number of hydrogen-bond donors (Lipinski definition) is 2. The molecular formula is C14H18N4O3. The van der Waals surface area contributed by atoms with Crippen molar-refractivity contribution >= 4 is 29.1 Å². The first-order valence-corrected chi connectivity index (χ1v) is 6.59. The third-order valence-corrected chi connectivity index (χ3v) is 3.38. The molecule has 1 saturated heterocycles. The summed E-state index contributed by atoms with van der Waals surface area (Å²) in [7, 11) is 1.56. The Morgan fingerprint density at radius 2 is 2.00 bits per heavy atom. The summed E-state index contributed by atoms with van der Waals surface area (Å²) in [6, 6.07) is 5.15. The van der Waals surface area contributed by atoms with Crippen LogP contribution in [0.25, 0.3) is 0 Å². The van der Waals surface area contributed by atoms with Gasteiger partial charge in [0.15, 0.2) is 0 Å². The number of carbonyl (C=O) groups excluding carboxylic acids is 3. The van der Waals surface area contributed by atoms with Crippen LogP contribution in [0.4, 0.5) is 11.4 Å². The maximum atomic E-state index is 12.0. The molecule has 1 aliphatic rings. The first kappa shape index (κ1) is 14.8. The van der Waals surface area contributed by atoms with E-state index in [0.29, 0.717) is 24.5 Å². The molecule has 0 spiro atoms. The number of rotatable bonds is 3. The van der Waals surface area contributed by atoms with Crippen LogP contribution in [0.3, 0.4) is 0 Å². The Labute approximate surface area is 122 Å². The summed E-state index contributed by atoms with van der Waals surface area (Å²) in [6.07, 6.45) is 0. The second kappa shape index (κ2) is 5.82. The zero-order chi connectivity index (χ0) is 15.6. The number of hydrogen-bond acceptors (Lipinski definition) is 4. The molecule has 3 N–H and O–H groups in total. The molecule has 3 amide bonds. The van der Waals surface area contributed by atoms with Crippen molar-refractivity contribution in [2.24, 2.45) is 0 Å². The van der Waals surface area contributed by atoms with Gasteiger partial charge in [-0.05, 0) is 30.7 Å². The molecule has 2 rings (SSSR count). The summed E-state index contributed by atoms with van der Waals surface area (Å²) < 4.78 is 0. The van der Waals surface area contributed by atoms with Crippen molar-refractivity contribution in [2.75, 3.05) is 37.7 Å². The van der Waals surface area contributed by atoms with E-state index in [1.807, 2.05) is 6.92 Å². The number of nitrogen functional groups attached to an aromatic ring is 1. The van der Waals surface area contributed by atoms with Gasteiger partial charge in [-0.25, -0.2) is 0 Å². The van der Waals surface area contributed by atoms with Crippen molar-refractivity contribution in [2.45, 2.75) is 6.92 Å². The second-order valence-corrected chi connectivity index (χ2v) is 5.08. The van der Waals surface area contributed by atoms with Gasteiger partial charge in [0.05, 0.1) is 0 Å². The maximum absolute atomic E-state index is 12.0. The molecule has 112 valence electrons. The molecule has 1 aromatic rings. The molecule has 1 fully saturated rings. The van der Waals surface area contributed by atoms with E-state index in [-0.39, 0.29) is 12.5 Å². The van der Waals surface area contributed by atoms with Crippen LogP contribution in [0.15, 0.2) is 18.2 Å². The van der Waals surface area contributed by atoms with E-state index in [0.717, 1.165) is 5.56 Å². The van der Waals surface area contributed by atoms with E-state index >= 15 is 0 Å². The largest absolute Gasteiger partial charge is 0.399 e. The predicted octanol–water partition coefficient (Wildman–Crippen LogP) is -0.184. The minimum Gasteiger partial charge on any atom is -0.399 e.